The van der Waals surface area contributed by atoms with Crippen LogP contribution in [-0.4, -0.2) is 27.3 Å². The van der Waals surface area contributed by atoms with Crippen molar-refractivity contribution >= 4 is 43.9 Å². The van der Waals surface area contributed by atoms with E-state index in [4.69, 9.17) is 24.1 Å². The molecule has 256 valence electrons. The molecule has 2 nitrogen and oxygen atoms in total. The van der Waals surface area contributed by atoms with Crippen molar-refractivity contribution < 1.29 is 19.9 Å². The van der Waals surface area contributed by atoms with Gasteiger partial charge in [-0.2, -0.15) is 0 Å². The topological polar surface area (TPSA) is 12.5 Å². The van der Waals surface area contributed by atoms with Crippen LogP contribution in [0.25, 0.3) is 10.8 Å². The van der Waals surface area contributed by atoms with E-state index in [0.29, 0.717) is 35.3 Å². The van der Waals surface area contributed by atoms with Crippen LogP contribution in [0.3, 0.4) is 0 Å². The Bertz CT molecular complexity index is 1520. The van der Waals surface area contributed by atoms with Crippen LogP contribution >= 0.6 is 19.4 Å². The van der Waals surface area contributed by atoms with Gasteiger partial charge in [0.05, 0.1) is 19.7 Å². The number of para-hydroxylation sites is 1. The van der Waals surface area contributed by atoms with Crippen molar-refractivity contribution in [2.45, 2.75) is 76.2 Å². The van der Waals surface area contributed by atoms with Gasteiger partial charge in [-0.15, -0.1) is 0 Å². The number of ether oxygens (including phenoxy) is 1. The van der Waals surface area contributed by atoms with E-state index in [1.165, 1.54) is 42.1 Å². The van der Waals surface area contributed by atoms with E-state index in [-0.39, 0.29) is 20.5 Å². The monoisotopic (exact) mass is 751 g/mol. The molecule has 1 aliphatic heterocycles. The SMILES string of the molecule is CN1c2ccccc2C2=C([Si](C)(CCCCCCOC(C)(C)C)C3C4C=CC=CC4C4C=CC=CC43)c3ccccc3C21.[CH3-].[CH3-].[Cl][Zn][Cl]. The predicted octanol–water partition coefficient (Wildman–Crippen LogP) is 12.5. The first kappa shape index (κ1) is 39.1. The van der Waals surface area contributed by atoms with Crippen molar-refractivity contribution in [1.82, 2.24) is 0 Å². The van der Waals surface area contributed by atoms with Gasteiger partial charge >= 0.3 is 34.5 Å². The average molecular weight is 754 g/mol. The van der Waals surface area contributed by atoms with Crippen LogP contribution < -0.4 is 4.90 Å². The van der Waals surface area contributed by atoms with E-state index in [1.54, 1.807) is 16.3 Å². The summed E-state index contributed by atoms with van der Waals surface area (Å²) in [7, 11) is 10.1. The molecular weight excluding hydrogens is 699 g/mol. The Hall–Kier alpha value is -1.68. The second-order valence-corrected chi connectivity index (χ2v) is 24.0. The third-order valence-corrected chi connectivity index (χ3v) is 16.5. The van der Waals surface area contributed by atoms with Crippen LogP contribution in [0, 0.1) is 38.5 Å². The second-order valence-electron chi connectivity index (χ2n) is 14.9. The summed E-state index contributed by atoms with van der Waals surface area (Å²) in [6.07, 6.45) is 24.6. The molecule has 0 saturated heterocycles. The van der Waals surface area contributed by atoms with Gasteiger partial charge in [-0.3, -0.25) is 0 Å². The van der Waals surface area contributed by atoms with Crippen LogP contribution in [0.4, 0.5) is 5.69 Å². The van der Waals surface area contributed by atoms with Crippen molar-refractivity contribution in [3.63, 3.8) is 0 Å². The third-order valence-electron chi connectivity index (χ3n) is 11.2. The minimum atomic E-state index is -2.08. The maximum atomic E-state index is 6.06. The number of likely N-dealkylation sites (N-methyl/N-ethyl adjacent to an activating group) is 1. The molecule has 0 radical (unpaired) electrons. The van der Waals surface area contributed by atoms with Gasteiger partial charge in [-0.1, -0.05) is 123 Å². The standard InChI is InChI=1S/C40H49NOSi.2CH3.2ClH.Zn/c1-40(2,3)42-26-16-6-7-17-27-43(5,38-31-21-11-8-18-28(31)29-19-9-12-22-32(29)38)39-33-23-13-10-20-30(33)37-36(39)34-24-14-15-25-35(34)41(37)4;;;;;/h8-15,18-25,28-29,31-32,37-38H,6-7,16-17,26-27H2,1-5H3;2*1H3;2*1H;/q;2*-1;;;+2/p-2. The molecular formula is C42H55Cl2NOSiZn-2. The number of fused-ring (bicyclic) bond motifs is 8. The predicted molar refractivity (Wildman–Crippen MR) is 210 cm³/mol. The van der Waals surface area contributed by atoms with Crippen molar-refractivity contribution in [1.29, 1.82) is 0 Å². The summed E-state index contributed by atoms with van der Waals surface area (Å²) < 4.78 is 6.06. The van der Waals surface area contributed by atoms with Crippen LogP contribution in [0.5, 0.6) is 0 Å². The molecule has 1 fully saturated rings. The average Bonchev–Trinajstić information content (AvgIpc) is 3.67. The van der Waals surface area contributed by atoms with Gasteiger partial charge in [0.2, 0.25) is 0 Å². The van der Waals surface area contributed by atoms with E-state index in [9.17, 15) is 0 Å². The molecule has 1 heterocycles. The van der Waals surface area contributed by atoms with Gasteiger partial charge in [-0.05, 0) is 84.4 Å². The fraction of sp³-hybridized carbons (Fsp3) is 0.429. The molecule has 6 heteroatoms. The van der Waals surface area contributed by atoms with E-state index in [2.05, 4.69) is 136 Å². The third kappa shape index (κ3) is 7.36. The molecule has 0 amide bonds. The number of unbranched alkanes of at least 4 members (excludes halogenated alkanes) is 3. The first-order chi connectivity index (χ1) is 22.2. The summed E-state index contributed by atoms with van der Waals surface area (Å²) in [6.45, 7) is 10.2. The zero-order valence-electron chi connectivity index (χ0n) is 30.3. The quantitative estimate of drug-likeness (QED) is 0.144. The molecule has 0 bridgehead atoms. The normalized spacial score (nSPS) is 26.5. The number of allylic oxidation sites excluding steroid dienone is 8. The van der Waals surface area contributed by atoms with E-state index < -0.39 is 23.2 Å². The van der Waals surface area contributed by atoms with Crippen molar-refractivity contribution in [3.8, 4) is 0 Å². The summed E-state index contributed by atoms with van der Waals surface area (Å²) >= 11 is -0.931. The molecule has 0 N–H and O–H groups in total. The molecule has 2 aromatic carbocycles. The van der Waals surface area contributed by atoms with Gasteiger partial charge in [0, 0.05) is 24.9 Å². The molecule has 6 unspecified atom stereocenters. The molecule has 5 aliphatic rings. The fourth-order valence-corrected chi connectivity index (χ4v) is 15.5. The number of anilines is 1. The van der Waals surface area contributed by atoms with Crippen LogP contribution in [0.2, 0.25) is 18.1 Å². The van der Waals surface area contributed by atoms with Crippen LogP contribution in [-0.2, 0) is 19.9 Å². The number of halogens is 2. The minimum absolute atomic E-state index is 0. The van der Waals surface area contributed by atoms with E-state index in [1.807, 2.05) is 0 Å². The summed E-state index contributed by atoms with van der Waals surface area (Å²) in [5.41, 5.74) is 8.22. The first-order valence-electron chi connectivity index (χ1n) is 17.3. The van der Waals surface area contributed by atoms with E-state index in [0.717, 1.165) is 13.0 Å². The van der Waals surface area contributed by atoms with Crippen molar-refractivity contribution in [2.75, 3.05) is 18.6 Å². The fourth-order valence-electron chi connectivity index (χ4n) is 9.51. The van der Waals surface area contributed by atoms with Crippen LogP contribution in [0.1, 0.15) is 69.2 Å². The van der Waals surface area contributed by atoms with Gasteiger partial charge in [-0.25, -0.2) is 0 Å². The molecule has 1 saturated carbocycles. The molecule has 0 spiro atoms. The number of rotatable bonds is 9. The van der Waals surface area contributed by atoms with Gasteiger partial charge in [0.15, 0.2) is 0 Å². The maximum absolute atomic E-state index is 6.06. The Morgan fingerprint density at radius 2 is 1.27 bits per heavy atom. The van der Waals surface area contributed by atoms with Gasteiger partial charge < -0.3 is 24.5 Å². The number of hydrogen-bond donors (Lipinski definition) is 0. The van der Waals surface area contributed by atoms with Crippen LogP contribution in [0.15, 0.2) is 97.1 Å². The Morgan fingerprint density at radius 3 is 1.88 bits per heavy atom. The summed E-state index contributed by atoms with van der Waals surface area (Å²) in [4.78, 5) is 2.56. The Balaban J connectivity index is 0.00000100. The first-order valence-corrected chi connectivity index (χ1v) is 27.9. The second kappa shape index (κ2) is 16.6. The summed E-state index contributed by atoms with van der Waals surface area (Å²) in [6, 6.07) is 20.4. The molecule has 7 rings (SSSR count). The zero-order chi connectivity index (χ0) is 32.5. The van der Waals surface area contributed by atoms with Crippen molar-refractivity contribution in [3.05, 3.63) is 129 Å². The van der Waals surface area contributed by atoms with E-state index >= 15 is 0 Å². The van der Waals surface area contributed by atoms with Gasteiger partial charge in [0.25, 0.3) is 0 Å². The molecule has 2 aromatic rings. The van der Waals surface area contributed by atoms with Gasteiger partial charge in [0.1, 0.15) is 0 Å². The summed E-state index contributed by atoms with van der Waals surface area (Å²) in [5, 5.41) is 1.77. The van der Waals surface area contributed by atoms with Crippen molar-refractivity contribution in [2.24, 2.45) is 23.7 Å². The Kier molecular flexibility index (Phi) is 13.5. The molecule has 48 heavy (non-hydrogen) atoms. The number of benzene rings is 2. The molecule has 6 atom stereocenters. The zero-order valence-corrected chi connectivity index (χ0v) is 35.7. The summed E-state index contributed by atoms with van der Waals surface area (Å²) in [5.74, 6) is 2.44. The molecule has 4 aliphatic carbocycles. The Morgan fingerprint density at radius 1 is 0.750 bits per heavy atom. The number of hydrogen-bond acceptors (Lipinski definition) is 2. The Labute approximate surface area is 309 Å². The number of nitrogens with zero attached hydrogens (tertiary/aromatic N) is 1. The molecule has 0 aromatic heterocycles.